The highest BCUT2D eigenvalue weighted by Crippen LogP contribution is 2.47. The minimum Gasteiger partial charge on any atom is -0.489 e. The molecule has 2 atom stereocenters. The van der Waals surface area contributed by atoms with Crippen molar-refractivity contribution in [3.05, 3.63) is 125 Å². The third kappa shape index (κ3) is 7.13. The number of thioether (sulfide) groups is 1. The lowest BCUT2D eigenvalue weighted by atomic mass is 10.0. The maximum atomic E-state index is 13.7. The molecule has 8 heteroatoms. The first-order valence-electron chi connectivity index (χ1n) is 13.8. The molecule has 0 unspecified atom stereocenters. The molecule has 0 bridgehead atoms. The highest BCUT2D eigenvalue weighted by atomic mass is 32.2. The molecule has 1 aliphatic rings. The van der Waals surface area contributed by atoms with Gasteiger partial charge in [-0.15, -0.1) is 11.8 Å². The van der Waals surface area contributed by atoms with Gasteiger partial charge in [-0.1, -0.05) is 90.5 Å². The van der Waals surface area contributed by atoms with Crippen molar-refractivity contribution in [1.29, 1.82) is 0 Å². The number of fused-ring (bicyclic) bond motifs is 1. The molecule has 0 aromatic heterocycles. The SMILES string of the molecule is Cc1ccc([C@H]2Sc3cc(OCc4ccccc4)ccc3N(CCN(C)C(=O)OCc3ccccc3)C(=O)[C@H]2O)cc1. The fourth-order valence-electron chi connectivity index (χ4n) is 4.66. The standard InChI is InChI=1S/C34H34N2O5S/c1-24-13-15-27(16-14-24)32-31(37)33(38)36(20-19-35(2)34(39)41-23-26-11-7-4-8-12-26)29-18-17-28(21-30(29)42-32)40-22-25-9-5-3-6-10-25/h3-18,21,31-32,37H,19-20,22-23H2,1-2H3/t31-,32+/m0/s1. The van der Waals surface area contributed by atoms with Gasteiger partial charge in [0.05, 0.1) is 10.9 Å². The van der Waals surface area contributed by atoms with Gasteiger partial charge in [0.1, 0.15) is 25.1 Å². The molecular weight excluding hydrogens is 548 g/mol. The predicted molar refractivity (Wildman–Crippen MR) is 165 cm³/mol. The Bertz CT molecular complexity index is 1500. The number of aliphatic hydroxyl groups excluding tert-OH is 1. The zero-order chi connectivity index (χ0) is 29.5. The van der Waals surface area contributed by atoms with Crippen LogP contribution < -0.4 is 9.64 Å². The zero-order valence-corrected chi connectivity index (χ0v) is 24.5. The Labute approximate surface area is 250 Å². The summed E-state index contributed by atoms with van der Waals surface area (Å²) in [6.07, 6.45) is -1.77. The number of likely N-dealkylation sites (N-methyl/N-ethyl adjacent to an activating group) is 1. The molecule has 0 spiro atoms. The minimum atomic E-state index is -1.28. The highest BCUT2D eigenvalue weighted by molar-refractivity contribution is 7.99. The van der Waals surface area contributed by atoms with Gasteiger partial charge in [0.15, 0.2) is 0 Å². The molecule has 1 heterocycles. The number of hydrogen-bond donors (Lipinski definition) is 1. The van der Waals surface area contributed by atoms with Crippen LogP contribution in [0.3, 0.4) is 0 Å². The molecular formula is C34H34N2O5S. The highest BCUT2D eigenvalue weighted by Gasteiger charge is 2.37. The van der Waals surface area contributed by atoms with E-state index in [1.54, 1.807) is 11.9 Å². The number of amides is 2. The second kappa shape index (κ2) is 13.6. The molecule has 4 aromatic carbocycles. The van der Waals surface area contributed by atoms with Crippen LogP contribution in [0.1, 0.15) is 27.5 Å². The maximum Gasteiger partial charge on any atom is 0.409 e. The fraction of sp³-hybridized carbons (Fsp3) is 0.235. The van der Waals surface area contributed by atoms with Crippen molar-refractivity contribution >= 4 is 29.4 Å². The molecule has 1 aliphatic heterocycles. The topological polar surface area (TPSA) is 79.3 Å². The number of ether oxygens (including phenoxy) is 2. The van der Waals surface area contributed by atoms with E-state index in [0.717, 1.165) is 27.1 Å². The first-order chi connectivity index (χ1) is 20.4. The summed E-state index contributed by atoms with van der Waals surface area (Å²) in [6, 6.07) is 32.8. The molecule has 42 heavy (non-hydrogen) atoms. The Hall–Kier alpha value is -4.27. The summed E-state index contributed by atoms with van der Waals surface area (Å²) in [5.74, 6) is 0.244. The van der Waals surface area contributed by atoms with Gasteiger partial charge in [-0.2, -0.15) is 0 Å². The van der Waals surface area contributed by atoms with E-state index in [9.17, 15) is 14.7 Å². The van der Waals surface area contributed by atoms with Crippen LogP contribution in [-0.2, 0) is 22.7 Å². The van der Waals surface area contributed by atoms with Gasteiger partial charge >= 0.3 is 6.09 Å². The second-order valence-electron chi connectivity index (χ2n) is 10.2. The first-order valence-corrected chi connectivity index (χ1v) is 14.7. The smallest absolute Gasteiger partial charge is 0.409 e. The van der Waals surface area contributed by atoms with E-state index in [1.807, 2.05) is 110 Å². The van der Waals surface area contributed by atoms with Gasteiger partial charge in [0, 0.05) is 25.0 Å². The van der Waals surface area contributed by atoms with Gasteiger partial charge in [0.2, 0.25) is 0 Å². The Morgan fingerprint density at radius 1 is 0.905 bits per heavy atom. The van der Waals surface area contributed by atoms with Crippen molar-refractivity contribution in [2.24, 2.45) is 0 Å². The normalized spacial score (nSPS) is 16.4. The van der Waals surface area contributed by atoms with E-state index in [1.165, 1.54) is 16.7 Å². The monoisotopic (exact) mass is 582 g/mol. The summed E-state index contributed by atoms with van der Waals surface area (Å²) in [7, 11) is 1.64. The van der Waals surface area contributed by atoms with Crippen molar-refractivity contribution < 1.29 is 24.2 Å². The van der Waals surface area contributed by atoms with Crippen LogP contribution in [0, 0.1) is 6.92 Å². The molecule has 0 fully saturated rings. The second-order valence-corrected chi connectivity index (χ2v) is 11.4. The average Bonchev–Trinajstić information content (AvgIpc) is 3.12. The van der Waals surface area contributed by atoms with Crippen LogP contribution in [-0.4, -0.2) is 48.2 Å². The summed E-state index contributed by atoms with van der Waals surface area (Å²) < 4.78 is 11.5. The van der Waals surface area contributed by atoms with Gasteiger partial charge in [-0.3, -0.25) is 4.79 Å². The lowest BCUT2D eigenvalue weighted by Crippen LogP contribution is -2.44. The van der Waals surface area contributed by atoms with E-state index in [0.29, 0.717) is 18.0 Å². The number of anilines is 1. The number of carbonyl (C=O) groups is 2. The zero-order valence-electron chi connectivity index (χ0n) is 23.7. The first kappa shape index (κ1) is 29.2. The summed E-state index contributed by atoms with van der Waals surface area (Å²) in [4.78, 5) is 30.2. The number of rotatable bonds is 9. The quantitative estimate of drug-likeness (QED) is 0.247. The molecule has 0 radical (unpaired) electrons. The molecule has 0 saturated heterocycles. The Morgan fingerprint density at radius 3 is 2.21 bits per heavy atom. The van der Waals surface area contributed by atoms with Crippen LogP contribution in [0.4, 0.5) is 10.5 Å². The number of hydrogen-bond acceptors (Lipinski definition) is 6. The molecule has 4 aromatic rings. The van der Waals surface area contributed by atoms with Crippen LogP contribution >= 0.6 is 11.8 Å². The fourth-order valence-corrected chi connectivity index (χ4v) is 5.95. The Balaban J connectivity index is 1.36. The van der Waals surface area contributed by atoms with E-state index in [2.05, 4.69) is 0 Å². The predicted octanol–water partition coefficient (Wildman–Crippen LogP) is 6.38. The van der Waals surface area contributed by atoms with Crippen molar-refractivity contribution in [3.63, 3.8) is 0 Å². The average molecular weight is 583 g/mol. The van der Waals surface area contributed by atoms with Crippen LogP contribution in [0.5, 0.6) is 5.75 Å². The van der Waals surface area contributed by atoms with Gasteiger partial charge in [-0.05, 0) is 41.8 Å². The minimum absolute atomic E-state index is 0.162. The molecule has 0 saturated carbocycles. The van der Waals surface area contributed by atoms with E-state index >= 15 is 0 Å². The van der Waals surface area contributed by atoms with Crippen LogP contribution in [0.2, 0.25) is 0 Å². The number of nitrogens with zero attached hydrogens (tertiary/aromatic N) is 2. The van der Waals surface area contributed by atoms with Crippen molar-refractivity contribution in [2.75, 3.05) is 25.0 Å². The molecule has 7 nitrogen and oxygen atoms in total. The van der Waals surface area contributed by atoms with Crippen molar-refractivity contribution in [2.45, 2.75) is 36.4 Å². The van der Waals surface area contributed by atoms with Crippen molar-refractivity contribution in [1.82, 2.24) is 4.90 Å². The maximum absolute atomic E-state index is 13.7. The molecule has 0 aliphatic carbocycles. The summed E-state index contributed by atoms with van der Waals surface area (Å²) >= 11 is 1.44. The third-order valence-corrected chi connectivity index (χ3v) is 8.48. The largest absolute Gasteiger partial charge is 0.489 e. The number of benzene rings is 4. The van der Waals surface area contributed by atoms with E-state index in [-0.39, 0.29) is 19.7 Å². The number of aryl methyl sites for hydroxylation is 1. The lowest BCUT2D eigenvalue weighted by Gasteiger charge is -2.27. The lowest BCUT2D eigenvalue weighted by molar-refractivity contribution is -0.126. The van der Waals surface area contributed by atoms with Crippen LogP contribution in [0.25, 0.3) is 0 Å². The number of carbonyl (C=O) groups excluding carboxylic acids is 2. The van der Waals surface area contributed by atoms with E-state index in [4.69, 9.17) is 9.47 Å². The Kier molecular flexibility index (Phi) is 9.46. The summed E-state index contributed by atoms with van der Waals surface area (Å²) in [5, 5.41) is 10.8. The molecule has 5 rings (SSSR count). The third-order valence-electron chi connectivity index (χ3n) is 7.11. The van der Waals surface area contributed by atoms with Crippen LogP contribution in [0.15, 0.2) is 108 Å². The van der Waals surface area contributed by atoms with Gasteiger partial charge in [0.25, 0.3) is 5.91 Å². The summed E-state index contributed by atoms with van der Waals surface area (Å²) in [6.45, 7) is 2.98. The van der Waals surface area contributed by atoms with E-state index < -0.39 is 23.4 Å². The summed E-state index contributed by atoms with van der Waals surface area (Å²) in [5.41, 5.74) is 4.56. The van der Waals surface area contributed by atoms with Gasteiger partial charge in [-0.25, -0.2) is 4.79 Å². The van der Waals surface area contributed by atoms with Gasteiger partial charge < -0.3 is 24.4 Å². The molecule has 216 valence electrons. The molecule has 1 N–H and O–H groups in total. The molecule has 2 amide bonds. The van der Waals surface area contributed by atoms with Crippen molar-refractivity contribution in [3.8, 4) is 5.75 Å². The Morgan fingerprint density at radius 2 is 1.55 bits per heavy atom. The number of aliphatic hydroxyl groups is 1.